The summed E-state index contributed by atoms with van der Waals surface area (Å²) in [4.78, 5) is 29.0. The van der Waals surface area contributed by atoms with Crippen LogP contribution in [-0.4, -0.2) is 29.8 Å². The number of amides is 2. The van der Waals surface area contributed by atoms with Crippen LogP contribution in [0.4, 0.5) is 5.69 Å². The molecule has 1 heterocycles. The van der Waals surface area contributed by atoms with E-state index in [1.54, 1.807) is 11.8 Å². The third kappa shape index (κ3) is 4.27. The summed E-state index contributed by atoms with van der Waals surface area (Å²) < 4.78 is 0. The third-order valence-electron chi connectivity index (χ3n) is 5.65. The zero-order valence-electron chi connectivity index (χ0n) is 17.2. The molecule has 0 aliphatic carbocycles. The number of aryl methyl sites for hydroxylation is 2. The van der Waals surface area contributed by atoms with Crippen LogP contribution in [0.25, 0.3) is 0 Å². The van der Waals surface area contributed by atoms with Gasteiger partial charge in [-0.15, -0.1) is 0 Å². The third-order valence-corrected chi connectivity index (χ3v) is 5.65. The van der Waals surface area contributed by atoms with E-state index < -0.39 is 0 Å². The van der Waals surface area contributed by atoms with Crippen molar-refractivity contribution in [1.82, 2.24) is 4.90 Å². The first-order chi connectivity index (χ1) is 13.5. The van der Waals surface area contributed by atoms with Gasteiger partial charge in [-0.3, -0.25) is 9.59 Å². The van der Waals surface area contributed by atoms with Crippen molar-refractivity contribution in [2.24, 2.45) is 0 Å². The van der Waals surface area contributed by atoms with Crippen LogP contribution in [0.2, 0.25) is 0 Å². The van der Waals surface area contributed by atoms with E-state index in [1.165, 1.54) is 11.1 Å². The first-order valence-corrected chi connectivity index (χ1v) is 10.3. The Morgan fingerprint density at radius 1 is 0.964 bits per heavy atom. The van der Waals surface area contributed by atoms with Crippen molar-refractivity contribution in [3.63, 3.8) is 0 Å². The zero-order valence-corrected chi connectivity index (χ0v) is 17.2. The van der Waals surface area contributed by atoms with Gasteiger partial charge in [0.05, 0.1) is 0 Å². The number of fused-ring (bicyclic) bond motifs is 1. The standard InChI is InChI=1S/C24H30N2O2/c1-4-19-11-8-12-20(5-2)24(19)26(18(3)27)16-14-23(28)25-15-13-21-9-6-7-10-22(21)17-25/h6-12H,4-5,13-17H2,1-3H3. The van der Waals surface area contributed by atoms with Crippen LogP contribution < -0.4 is 4.90 Å². The van der Waals surface area contributed by atoms with Crippen molar-refractivity contribution in [3.8, 4) is 0 Å². The molecule has 2 aromatic rings. The highest BCUT2D eigenvalue weighted by atomic mass is 16.2. The Bertz CT molecular complexity index is 837. The lowest BCUT2D eigenvalue weighted by Crippen LogP contribution is -2.39. The van der Waals surface area contributed by atoms with Crippen LogP contribution in [0.3, 0.4) is 0 Å². The van der Waals surface area contributed by atoms with E-state index >= 15 is 0 Å². The highest BCUT2D eigenvalue weighted by Crippen LogP contribution is 2.28. The van der Waals surface area contributed by atoms with Crippen molar-refractivity contribution in [2.75, 3.05) is 18.0 Å². The van der Waals surface area contributed by atoms with E-state index in [0.717, 1.165) is 42.6 Å². The van der Waals surface area contributed by atoms with Crippen LogP contribution in [-0.2, 0) is 35.4 Å². The molecule has 0 atom stereocenters. The Labute approximate surface area is 168 Å². The second-order valence-corrected chi connectivity index (χ2v) is 7.39. The predicted octanol–water partition coefficient (Wildman–Crippen LogP) is 4.14. The minimum absolute atomic E-state index is 0.00705. The lowest BCUT2D eigenvalue weighted by atomic mass is 9.99. The van der Waals surface area contributed by atoms with Gasteiger partial charge >= 0.3 is 0 Å². The van der Waals surface area contributed by atoms with Gasteiger partial charge in [0.1, 0.15) is 0 Å². The molecule has 0 bridgehead atoms. The molecule has 4 heteroatoms. The number of hydrogen-bond acceptors (Lipinski definition) is 2. The largest absolute Gasteiger partial charge is 0.338 e. The number of anilines is 1. The van der Waals surface area contributed by atoms with E-state index in [2.05, 4.69) is 50.2 Å². The van der Waals surface area contributed by atoms with E-state index in [-0.39, 0.29) is 11.8 Å². The van der Waals surface area contributed by atoms with Gasteiger partial charge in [0.15, 0.2) is 0 Å². The molecule has 0 radical (unpaired) electrons. The van der Waals surface area contributed by atoms with Crippen LogP contribution in [0.15, 0.2) is 42.5 Å². The fraction of sp³-hybridized carbons (Fsp3) is 0.417. The Kier molecular flexibility index (Phi) is 6.50. The molecule has 148 valence electrons. The van der Waals surface area contributed by atoms with Crippen LogP contribution >= 0.6 is 0 Å². The molecule has 1 aliphatic heterocycles. The highest BCUT2D eigenvalue weighted by Gasteiger charge is 2.23. The summed E-state index contributed by atoms with van der Waals surface area (Å²) in [5, 5.41) is 0. The SMILES string of the molecule is CCc1cccc(CC)c1N(CCC(=O)N1CCc2ccccc2C1)C(C)=O. The summed E-state index contributed by atoms with van der Waals surface area (Å²) >= 11 is 0. The Morgan fingerprint density at radius 3 is 2.21 bits per heavy atom. The van der Waals surface area contributed by atoms with Gasteiger partial charge in [0, 0.05) is 38.7 Å². The number of rotatable bonds is 6. The molecule has 0 N–H and O–H groups in total. The summed E-state index contributed by atoms with van der Waals surface area (Å²) in [6.07, 6.45) is 2.98. The van der Waals surface area contributed by atoms with Crippen molar-refractivity contribution in [1.29, 1.82) is 0 Å². The van der Waals surface area contributed by atoms with Crippen LogP contribution in [0.1, 0.15) is 49.4 Å². The number of hydrogen-bond donors (Lipinski definition) is 0. The van der Waals surface area contributed by atoms with Gasteiger partial charge in [0.25, 0.3) is 0 Å². The maximum absolute atomic E-state index is 12.9. The van der Waals surface area contributed by atoms with Crippen molar-refractivity contribution in [2.45, 2.75) is 53.0 Å². The van der Waals surface area contributed by atoms with Gasteiger partial charge in [-0.25, -0.2) is 0 Å². The van der Waals surface area contributed by atoms with E-state index in [9.17, 15) is 9.59 Å². The zero-order chi connectivity index (χ0) is 20.1. The minimum Gasteiger partial charge on any atom is -0.338 e. The molecule has 0 spiro atoms. The normalized spacial score (nSPS) is 13.2. The molecule has 0 saturated heterocycles. The Morgan fingerprint density at radius 2 is 1.61 bits per heavy atom. The fourth-order valence-corrected chi connectivity index (χ4v) is 4.06. The van der Waals surface area contributed by atoms with Gasteiger partial charge in [-0.05, 0) is 41.5 Å². The predicted molar refractivity (Wildman–Crippen MR) is 113 cm³/mol. The summed E-state index contributed by atoms with van der Waals surface area (Å²) in [6, 6.07) is 14.5. The highest BCUT2D eigenvalue weighted by molar-refractivity contribution is 5.94. The van der Waals surface area contributed by atoms with Crippen LogP contribution in [0, 0.1) is 0 Å². The quantitative estimate of drug-likeness (QED) is 0.758. The molecule has 1 aliphatic rings. The molecule has 0 unspecified atom stereocenters. The topological polar surface area (TPSA) is 40.6 Å². The van der Waals surface area contributed by atoms with E-state index in [0.29, 0.717) is 19.5 Å². The average molecular weight is 379 g/mol. The lowest BCUT2D eigenvalue weighted by Gasteiger charge is -2.31. The fourth-order valence-electron chi connectivity index (χ4n) is 4.06. The maximum Gasteiger partial charge on any atom is 0.224 e. The maximum atomic E-state index is 12.9. The molecule has 2 amide bonds. The number of carbonyl (C=O) groups is 2. The lowest BCUT2D eigenvalue weighted by molar-refractivity contribution is -0.131. The molecule has 28 heavy (non-hydrogen) atoms. The summed E-state index contributed by atoms with van der Waals surface area (Å²) in [7, 11) is 0. The Balaban J connectivity index is 1.73. The van der Waals surface area contributed by atoms with Gasteiger partial charge in [0.2, 0.25) is 11.8 Å². The molecular weight excluding hydrogens is 348 g/mol. The summed E-state index contributed by atoms with van der Waals surface area (Å²) in [6.45, 7) is 7.65. The van der Waals surface area contributed by atoms with E-state index in [4.69, 9.17) is 0 Å². The van der Waals surface area contributed by atoms with Crippen LogP contribution in [0.5, 0.6) is 0 Å². The summed E-state index contributed by atoms with van der Waals surface area (Å²) in [5.74, 6) is 0.111. The number of para-hydroxylation sites is 1. The summed E-state index contributed by atoms with van der Waals surface area (Å²) in [5.41, 5.74) is 5.89. The second-order valence-electron chi connectivity index (χ2n) is 7.39. The molecule has 3 rings (SSSR count). The average Bonchev–Trinajstić information content (AvgIpc) is 2.73. The van der Waals surface area contributed by atoms with Crippen molar-refractivity contribution >= 4 is 17.5 Å². The van der Waals surface area contributed by atoms with Gasteiger partial charge < -0.3 is 9.80 Å². The molecule has 2 aromatic carbocycles. The minimum atomic E-state index is -0.00705. The molecule has 0 saturated carbocycles. The first kappa shape index (κ1) is 20.1. The van der Waals surface area contributed by atoms with Crippen molar-refractivity contribution < 1.29 is 9.59 Å². The van der Waals surface area contributed by atoms with Gasteiger partial charge in [-0.2, -0.15) is 0 Å². The first-order valence-electron chi connectivity index (χ1n) is 10.3. The molecular formula is C24H30N2O2. The number of nitrogens with zero attached hydrogens (tertiary/aromatic N) is 2. The second kappa shape index (κ2) is 9.05. The van der Waals surface area contributed by atoms with E-state index in [1.807, 2.05) is 11.0 Å². The monoisotopic (exact) mass is 378 g/mol. The smallest absolute Gasteiger partial charge is 0.224 e. The van der Waals surface area contributed by atoms with Crippen molar-refractivity contribution in [3.05, 3.63) is 64.7 Å². The molecule has 0 aromatic heterocycles. The van der Waals surface area contributed by atoms with Gasteiger partial charge in [-0.1, -0.05) is 56.3 Å². The number of carbonyl (C=O) groups excluding carboxylic acids is 2. The molecule has 4 nitrogen and oxygen atoms in total. The molecule has 0 fully saturated rings. The number of benzene rings is 2. The Hall–Kier alpha value is -2.62.